The van der Waals surface area contributed by atoms with Crippen LogP contribution in [0.5, 0.6) is 11.5 Å². The molecule has 2 aromatic rings. The van der Waals surface area contributed by atoms with Crippen LogP contribution in [-0.4, -0.2) is 24.9 Å². The van der Waals surface area contributed by atoms with Crippen molar-refractivity contribution in [1.82, 2.24) is 0 Å². The maximum absolute atomic E-state index is 13.5. The van der Waals surface area contributed by atoms with Gasteiger partial charge in [-0.25, -0.2) is 8.78 Å². The molecule has 0 saturated carbocycles. The number of carbonyl (C=O) groups is 1. The van der Waals surface area contributed by atoms with Gasteiger partial charge in [-0.2, -0.15) is 0 Å². The molecular formula is C16H13F2NO3S. The van der Waals surface area contributed by atoms with E-state index in [0.29, 0.717) is 30.4 Å². The molecule has 1 aliphatic heterocycles. The number of anilines is 1. The Labute approximate surface area is 135 Å². The summed E-state index contributed by atoms with van der Waals surface area (Å²) in [4.78, 5) is 12.2. The summed E-state index contributed by atoms with van der Waals surface area (Å²) in [6, 6.07) is 8.36. The number of ether oxygens (including phenoxy) is 2. The molecule has 0 spiro atoms. The standard InChI is InChI=1S/C16H13F2NO3S/c17-10-1-4-15(12(18)7-10)23-9-16(20)19-11-2-3-13-14(8-11)22-6-5-21-13/h1-4,7-8H,5-6,9H2,(H,19,20). The molecule has 120 valence electrons. The van der Waals surface area contributed by atoms with Crippen molar-refractivity contribution in [2.75, 3.05) is 24.3 Å². The van der Waals surface area contributed by atoms with Crippen molar-refractivity contribution in [3.63, 3.8) is 0 Å². The number of thioether (sulfide) groups is 1. The second kappa shape index (κ2) is 6.87. The van der Waals surface area contributed by atoms with Crippen LogP contribution in [0.4, 0.5) is 14.5 Å². The molecule has 0 aromatic heterocycles. The van der Waals surface area contributed by atoms with E-state index in [2.05, 4.69) is 5.32 Å². The third kappa shape index (κ3) is 3.92. The van der Waals surface area contributed by atoms with E-state index < -0.39 is 11.6 Å². The maximum atomic E-state index is 13.5. The molecular weight excluding hydrogens is 324 g/mol. The van der Waals surface area contributed by atoms with Crippen LogP contribution in [0.2, 0.25) is 0 Å². The highest BCUT2D eigenvalue weighted by atomic mass is 32.2. The van der Waals surface area contributed by atoms with E-state index in [9.17, 15) is 13.6 Å². The fourth-order valence-electron chi connectivity index (χ4n) is 2.05. The van der Waals surface area contributed by atoms with Crippen LogP contribution in [0.25, 0.3) is 0 Å². The van der Waals surface area contributed by atoms with Gasteiger partial charge in [-0.1, -0.05) is 0 Å². The van der Waals surface area contributed by atoms with Gasteiger partial charge in [0.15, 0.2) is 11.5 Å². The first-order valence-electron chi connectivity index (χ1n) is 6.89. The zero-order chi connectivity index (χ0) is 16.2. The molecule has 23 heavy (non-hydrogen) atoms. The van der Waals surface area contributed by atoms with Crippen molar-refractivity contribution < 1.29 is 23.0 Å². The molecule has 0 fully saturated rings. The van der Waals surface area contributed by atoms with E-state index >= 15 is 0 Å². The Kier molecular flexibility index (Phi) is 4.66. The van der Waals surface area contributed by atoms with Gasteiger partial charge >= 0.3 is 0 Å². The third-order valence-corrected chi connectivity index (χ3v) is 4.13. The molecule has 0 radical (unpaired) electrons. The van der Waals surface area contributed by atoms with Crippen LogP contribution in [0, 0.1) is 11.6 Å². The quantitative estimate of drug-likeness (QED) is 0.868. The van der Waals surface area contributed by atoms with Gasteiger partial charge in [0.2, 0.25) is 5.91 Å². The molecule has 0 atom stereocenters. The van der Waals surface area contributed by atoms with Crippen LogP contribution in [0.1, 0.15) is 0 Å². The Bertz CT molecular complexity index is 739. The lowest BCUT2D eigenvalue weighted by Gasteiger charge is -2.19. The van der Waals surface area contributed by atoms with E-state index in [-0.39, 0.29) is 16.6 Å². The largest absolute Gasteiger partial charge is 0.486 e. The molecule has 7 heteroatoms. The number of fused-ring (bicyclic) bond motifs is 1. The fourth-order valence-corrected chi connectivity index (χ4v) is 2.77. The van der Waals surface area contributed by atoms with Crippen molar-refractivity contribution in [2.45, 2.75) is 4.90 Å². The molecule has 3 rings (SSSR count). The number of halogens is 2. The smallest absolute Gasteiger partial charge is 0.234 e. The van der Waals surface area contributed by atoms with E-state index in [0.717, 1.165) is 23.9 Å². The SMILES string of the molecule is O=C(CSc1ccc(F)cc1F)Nc1ccc2c(c1)OCCO2. The van der Waals surface area contributed by atoms with Crippen molar-refractivity contribution in [2.24, 2.45) is 0 Å². The maximum Gasteiger partial charge on any atom is 0.234 e. The van der Waals surface area contributed by atoms with E-state index in [1.54, 1.807) is 18.2 Å². The third-order valence-electron chi connectivity index (χ3n) is 3.08. The van der Waals surface area contributed by atoms with Crippen LogP contribution in [0.15, 0.2) is 41.3 Å². The number of carbonyl (C=O) groups excluding carboxylic acids is 1. The summed E-state index contributed by atoms with van der Waals surface area (Å²) in [5, 5.41) is 2.70. The monoisotopic (exact) mass is 337 g/mol. The Balaban J connectivity index is 1.59. The average Bonchev–Trinajstić information content (AvgIpc) is 2.54. The van der Waals surface area contributed by atoms with Crippen molar-refractivity contribution in [3.05, 3.63) is 48.0 Å². The van der Waals surface area contributed by atoms with Crippen molar-refractivity contribution >= 4 is 23.4 Å². The van der Waals surface area contributed by atoms with Crippen LogP contribution < -0.4 is 14.8 Å². The molecule has 0 bridgehead atoms. The van der Waals surface area contributed by atoms with Crippen LogP contribution in [-0.2, 0) is 4.79 Å². The Morgan fingerprint density at radius 1 is 1.09 bits per heavy atom. The van der Waals surface area contributed by atoms with Gasteiger partial charge in [0.1, 0.15) is 24.8 Å². The lowest BCUT2D eigenvalue weighted by molar-refractivity contribution is -0.113. The molecule has 1 N–H and O–H groups in total. The molecule has 0 saturated heterocycles. The molecule has 4 nitrogen and oxygen atoms in total. The summed E-state index contributed by atoms with van der Waals surface area (Å²) in [5.41, 5.74) is 0.569. The molecule has 1 amide bonds. The summed E-state index contributed by atoms with van der Waals surface area (Å²) in [7, 11) is 0. The normalized spacial score (nSPS) is 12.8. The highest BCUT2D eigenvalue weighted by Gasteiger charge is 2.13. The molecule has 0 aliphatic carbocycles. The van der Waals surface area contributed by atoms with Crippen molar-refractivity contribution in [1.29, 1.82) is 0 Å². The molecule has 2 aromatic carbocycles. The summed E-state index contributed by atoms with van der Waals surface area (Å²) < 4.78 is 37.1. The minimum Gasteiger partial charge on any atom is -0.486 e. The highest BCUT2D eigenvalue weighted by Crippen LogP contribution is 2.32. The predicted octanol–water partition coefficient (Wildman–Crippen LogP) is 3.47. The number of rotatable bonds is 4. The van der Waals surface area contributed by atoms with E-state index in [1.807, 2.05) is 0 Å². The number of hydrogen-bond acceptors (Lipinski definition) is 4. The number of amides is 1. The van der Waals surface area contributed by atoms with Crippen LogP contribution >= 0.6 is 11.8 Å². The molecule has 1 aliphatic rings. The van der Waals surface area contributed by atoms with E-state index in [1.165, 1.54) is 6.07 Å². The summed E-state index contributed by atoms with van der Waals surface area (Å²) in [6.45, 7) is 0.961. The summed E-state index contributed by atoms with van der Waals surface area (Å²) in [5.74, 6) is -0.398. The minimum atomic E-state index is -0.679. The molecule has 1 heterocycles. The zero-order valence-corrected chi connectivity index (χ0v) is 12.8. The van der Waals surface area contributed by atoms with Gasteiger partial charge in [-0.15, -0.1) is 11.8 Å². The minimum absolute atomic E-state index is 0.0109. The number of hydrogen-bond donors (Lipinski definition) is 1. The first-order chi connectivity index (χ1) is 11.1. The van der Waals surface area contributed by atoms with E-state index in [4.69, 9.17) is 9.47 Å². The summed E-state index contributed by atoms with van der Waals surface area (Å²) in [6.07, 6.45) is 0. The fraction of sp³-hybridized carbons (Fsp3) is 0.188. The van der Waals surface area contributed by atoms with Gasteiger partial charge < -0.3 is 14.8 Å². The lowest BCUT2D eigenvalue weighted by atomic mass is 10.2. The zero-order valence-electron chi connectivity index (χ0n) is 12.0. The lowest BCUT2D eigenvalue weighted by Crippen LogP contribution is -2.17. The first kappa shape index (κ1) is 15.6. The van der Waals surface area contributed by atoms with Gasteiger partial charge in [0.05, 0.1) is 5.75 Å². The Morgan fingerprint density at radius 2 is 1.87 bits per heavy atom. The predicted molar refractivity (Wildman–Crippen MR) is 83.1 cm³/mol. The van der Waals surface area contributed by atoms with Gasteiger partial charge in [-0.3, -0.25) is 4.79 Å². The van der Waals surface area contributed by atoms with Gasteiger partial charge in [-0.05, 0) is 24.3 Å². The first-order valence-corrected chi connectivity index (χ1v) is 7.88. The Hall–Kier alpha value is -2.28. The second-order valence-corrected chi connectivity index (χ2v) is 5.79. The second-order valence-electron chi connectivity index (χ2n) is 4.77. The number of nitrogens with one attached hydrogen (secondary N) is 1. The average molecular weight is 337 g/mol. The van der Waals surface area contributed by atoms with Gasteiger partial charge in [0, 0.05) is 22.7 Å². The summed E-state index contributed by atoms with van der Waals surface area (Å²) >= 11 is 1.00. The van der Waals surface area contributed by atoms with Crippen LogP contribution in [0.3, 0.4) is 0 Å². The topological polar surface area (TPSA) is 47.6 Å². The Morgan fingerprint density at radius 3 is 2.65 bits per heavy atom. The van der Waals surface area contributed by atoms with Gasteiger partial charge in [0.25, 0.3) is 0 Å². The number of benzene rings is 2. The van der Waals surface area contributed by atoms with Crippen molar-refractivity contribution in [3.8, 4) is 11.5 Å². The highest BCUT2D eigenvalue weighted by molar-refractivity contribution is 8.00. The molecule has 0 unspecified atom stereocenters.